The lowest BCUT2D eigenvalue weighted by atomic mass is 9.45. The van der Waals surface area contributed by atoms with E-state index in [9.17, 15) is 9.59 Å². The largest absolute Gasteiger partial charge is 0.350 e. The molecule has 2 spiro atoms. The van der Waals surface area contributed by atoms with E-state index in [-0.39, 0.29) is 36.1 Å². The van der Waals surface area contributed by atoms with Gasteiger partial charge in [-0.05, 0) is 55.4 Å². The molecule has 4 aliphatic carbocycles. The van der Waals surface area contributed by atoms with Gasteiger partial charge in [-0.15, -0.1) is 0 Å². The van der Waals surface area contributed by atoms with Gasteiger partial charge in [0.1, 0.15) is 18.0 Å². The molecule has 2 saturated heterocycles. The molecule has 29 heavy (non-hydrogen) atoms. The normalized spacial score (nSPS) is 53.9. The summed E-state index contributed by atoms with van der Waals surface area (Å²) >= 11 is 0. The van der Waals surface area contributed by atoms with Gasteiger partial charge in [0.05, 0.1) is 0 Å². The second-order valence-electron chi connectivity index (χ2n) is 10.5. The molecule has 0 unspecified atom stereocenters. The number of hydrogen-bond donors (Lipinski definition) is 0. The molecule has 6 nitrogen and oxygen atoms in total. The zero-order valence-corrected chi connectivity index (χ0v) is 17.3. The minimum Gasteiger partial charge on any atom is -0.350 e. The van der Waals surface area contributed by atoms with Crippen molar-refractivity contribution in [3.63, 3.8) is 0 Å². The SMILES string of the molecule is C[C@]12CCC(=O)C=C1CC[C@@H]1[C@H]3CC[C@@]4(OCO[C@]45COCO5)[C@@]3(C)CC(=O)[C@@H]12. The maximum Gasteiger partial charge on any atom is 0.226 e. The molecule has 3 saturated carbocycles. The topological polar surface area (TPSA) is 71.1 Å². The van der Waals surface area contributed by atoms with Crippen molar-refractivity contribution >= 4 is 11.6 Å². The molecule has 7 atom stereocenters. The Balaban J connectivity index is 1.42. The van der Waals surface area contributed by atoms with Crippen molar-refractivity contribution in [1.82, 2.24) is 0 Å². The molecule has 0 aromatic carbocycles. The van der Waals surface area contributed by atoms with Crippen LogP contribution in [0, 0.1) is 28.6 Å². The fourth-order valence-corrected chi connectivity index (χ4v) is 8.36. The van der Waals surface area contributed by atoms with E-state index in [0.717, 1.165) is 32.1 Å². The average molecular weight is 402 g/mol. The van der Waals surface area contributed by atoms with Crippen molar-refractivity contribution in [2.75, 3.05) is 20.2 Å². The summed E-state index contributed by atoms with van der Waals surface area (Å²) in [5, 5.41) is 0. The lowest BCUT2D eigenvalue weighted by Gasteiger charge is -2.59. The Hall–Kier alpha value is -1.08. The number of carbonyl (C=O) groups is 2. The Kier molecular flexibility index (Phi) is 3.72. The van der Waals surface area contributed by atoms with Crippen LogP contribution in [0.2, 0.25) is 0 Å². The van der Waals surface area contributed by atoms with E-state index < -0.39 is 11.4 Å². The number of hydrogen-bond acceptors (Lipinski definition) is 6. The Morgan fingerprint density at radius 1 is 1.00 bits per heavy atom. The third-order valence-corrected chi connectivity index (χ3v) is 9.65. The summed E-state index contributed by atoms with van der Waals surface area (Å²) in [7, 11) is 0. The van der Waals surface area contributed by atoms with E-state index in [1.54, 1.807) is 0 Å². The van der Waals surface area contributed by atoms with E-state index in [0.29, 0.717) is 37.1 Å². The smallest absolute Gasteiger partial charge is 0.226 e. The van der Waals surface area contributed by atoms with Gasteiger partial charge in [-0.2, -0.15) is 0 Å². The van der Waals surface area contributed by atoms with Gasteiger partial charge in [0.2, 0.25) is 5.79 Å². The molecule has 0 aromatic heterocycles. The Morgan fingerprint density at radius 3 is 2.62 bits per heavy atom. The van der Waals surface area contributed by atoms with Gasteiger partial charge in [-0.3, -0.25) is 9.59 Å². The molecule has 2 aliphatic heterocycles. The third kappa shape index (κ3) is 2.07. The second kappa shape index (κ2) is 5.78. The standard InChI is InChI=1S/C23H30O6/c1-20-7-5-15(24)9-14(20)3-4-16-17-6-8-22(21(17,2)10-18(25)19(16)20)23(29-13-27-22)11-26-12-28-23/h9,16-17,19H,3-8,10-13H2,1-2H3/t16-,17-,19-,20+,21+,22-,23-/m1/s1. The van der Waals surface area contributed by atoms with Gasteiger partial charge in [0, 0.05) is 24.2 Å². The molecule has 0 aromatic rings. The molecule has 0 radical (unpaired) electrons. The summed E-state index contributed by atoms with van der Waals surface area (Å²) in [6.07, 6.45) is 7.48. The predicted octanol–water partition coefficient (Wildman–Crippen LogP) is 3.14. The zero-order valence-electron chi connectivity index (χ0n) is 17.3. The van der Waals surface area contributed by atoms with E-state index in [2.05, 4.69) is 13.8 Å². The first-order chi connectivity index (χ1) is 13.9. The van der Waals surface area contributed by atoms with Gasteiger partial charge in [0.25, 0.3) is 0 Å². The number of Topliss-reactive ketones (excluding diaryl/α,β-unsaturated/α-hetero) is 1. The molecule has 5 fully saturated rings. The fourth-order valence-electron chi connectivity index (χ4n) is 8.36. The molecule has 0 amide bonds. The van der Waals surface area contributed by atoms with Crippen LogP contribution >= 0.6 is 0 Å². The molecule has 158 valence electrons. The second-order valence-corrected chi connectivity index (χ2v) is 10.5. The molecule has 6 aliphatic rings. The van der Waals surface area contributed by atoms with Crippen molar-refractivity contribution in [3.8, 4) is 0 Å². The van der Waals surface area contributed by atoms with Crippen LogP contribution in [0.3, 0.4) is 0 Å². The summed E-state index contributed by atoms with van der Waals surface area (Å²) in [6.45, 7) is 5.24. The lowest BCUT2D eigenvalue weighted by Crippen LogP contribution is -2.65. The van der Waals surface area contributed by atoms with Crippen LogP contribution in [0.15, 0.2) is 11.6 Å². The first-order valence-corrected chi connectivity index (χ1v) is 11.1. The van der Waals surface area contributed by atoms with Crippen LogP contribution in [0.25, 0.3) is 0 Å². The highest BCUT2D eigenvalue weighted by molar-refractivity contribution is 5.93. The van der Waals surface area contributed by atoms with Crippen LogP contribution < -0.4 is 0 Å². The first kappa shape index (κ1) is 18.7. The minimum atomic E-state index is -0.884. The van der Waals surface area contributed by atoms with E-state index in [1.807, 2.05) is 6.08 Å². The highest BCUT2D eigenvalue weighted by atomic mass is 16.9. The number of fused-ring (bicyclic) bond motifs is 7. The summed E-state index contributed by atoms with van der Waals surface area (Å²) in [5.41, 5.74) is 0.103. The van der Waals surface area contributed by atoms with E-state index in [4.69, 9.17) is 18.9 Å². The van der Waals surface area contributed by atoms with E-state index >= 15 is 0 Å². The maximum atomic E-state index is 13.8. The van der Waals surface area contributed by atoms with Crippen molar-refractivity contribution in [3.05, 3.63) is 11.6 Å². The van der Waals surface area contributed by atoms with E-state index in [1.165, 1.54) is 5.57 Å². The molecular weight excluding hydrogens is 372 g/mol. The molecular formula is C23H30O6. The zero-order chi connectivity index (χ0) is 20.1. The number of ketones is 2. The van der Waals surface area contributed by atoms with Gasteiger partial charge in [0.15, 0.2) is 19.4 Å². The van der Waals surface area contributed by atoms with Crippen LogP contribution in [0.1, 0.15) is 58.8 Å². The monoisotopic (exact) mass is 402 g/mol. The summed E-state index contributed by atoms with van der Waals surface area (Å²) < 4.78 is 24.0. The summed E-state index contributed by atoms with van der Waals surface area (Å²) in [5.74, 6) is 0.416. The molecule has 6 heteroatoms. The number of allylic oxidation sites excluding steroid dienone is 1. The maximum absolute atomic E-state index is 13.8. The molecule has 2 heterocycles. The lowest BCUT2D eigenvalue weighted by molar-refractivity contribution is -0.246. The van der Waals surface area contributed by atoms with Gasteiger partial charge >= 0.3 is 0 Å². The molecule has 6 rings (SSSR count). The quantitative estimate of drug-likeness (QED) is 0.620. The minimum absolute atomic E-state index is 0.0165. The van der Waals surface area contributed by atoms with Crippen molar-refractivity contribution < 1.29 is 28.5 Å². The van der Waals surface area contributed by atoms with Crippen molar-refractivity contribution in [2.24, 2.45) is 28.6 Å². The highest BCUT2D eigenvalue weighted by Gasteiger charge is 2.76. The average Bonchev–Trinajstić information content (AvgIpc) is 3.37. The fraction of sp³-hybridized carbons (Fsp3) is 0.826. The van der Waals surface area contributed by atoms with Gasteiger partial charge in [-0.1, -0.05) is 19.4 Å². The molecule has 0 bridgehead atoms. The number of ether oxygens (including phenoxy) is 4. The van der Waals surface area contributed by atoms with Crippen LogP contribution in [0.4, 0.5) is 0 Å². The Labute approximate surface area is 171 Å². The van der Waals surface area contributed by atoms with Crippen molar-refractivity contribution in [2.45, 2.75) is 70.2 Å². The highest BCUT2D eigenvalue weighted by Crippen LogP contribution is 2.70. The predicted molar refractivity (Wildman–Crippen MR) is 102 cm³/mol. The summed E-state index contributed by atoms with van der Waals surface area (Å²) in [6, 6.07) is 0. The number of rotatable bonds is 0. The van der Waals surface area contributed by atoms with Crippen LogP contribution in [-0.4, -0.2) is 43.1 Å². The molecule has 0 N–H and O–H groups in total. The van der Waals surface area contributed by atoms with Gasteiger partial charge < -0.3 is 18.9 Å². The first-order valence-electron chi connectivity index (χ1n) is 11.1. The Morgan fingerprint density at radius 2 is 1.83 bits per heavy atom. The Bertz CT molecular complexity index is 807. The van der Waals surface area contributed by atoms with Crippen molar-refractivity contribution in [1.29, 1.82) is 0 Å². The number of carbonyl (C=O) groups excluding carboxylic acids is 2. The third-order valence-electron chi connectivity index (χ3n) is 9.65. The van der Waals surface area contributed by atoms with Gasteiger partial charge in [-0.25, -0.2) is 0 Å². The summed E-state index contributed by atoms with van der Waals surface area (Å²) in [4.78, 5) is 25.8. The van der Waals surface area contributed by atoms with Crippen LogP contribution in [0.5, 0.6) is 0 Å². The van der Waals surface area contributed by atoms with Crippen LogP contribution in [-0.2, 0) is 28.5 Å².